The van der Waals surface area contributed by atoms with Crippen molar-refractivity contribution in [3.63, 3.8) is 0 Å². The highest BCUT2D eigenvalue weighted by molar-refractivity contribution is 5.53. The zero-order valence-corrected chi connectivity index (χ0v) is 5.33. The fourth-order valence-electron chi connectivity index (χ4n) is 0.460. The first-order chi connectivity index (χ1) is 3.85. The van der Waals surface area contributed by atoms with Crippen LogP contribution in [0.4, 0.5) is 0 Å². The molecular weight excluding hydrogens is 104 g/mol. The molecule has 1 N–H and O–H groups in total. The number of hydrogen-bond donors (Lipinski definition) is 1. The van der Waals surface area contributed by atoms with Crippen LogP contribution in [-0.4, -0.2) is 29.5 Å². The Hall–Kier alpha value is -0.730. The smallest absolute Gasteiger partial charge is 0.130 e. The van der Waals surface area contributed by atoms with Crippen LogP contribution in [0, 0.1) is 0 Å². The van der Waals surface area contributed by atoms with Gasteiger partial charge in [0.1, 0.15) is 6.34 Å². The minimum atomic E-state index is 0.889. The summed E-state index contributed by atoms with van der Waals surface area (Å²) in [7, 11) is 0. The van der Waals surface area contributed by atoms with Gasteiger partial charge in [-0.2, -0.15) is 0 Å². The predicted molar refractivity (Wildman–Crippen MR) is 33.2 cm³/mol. The molecule has 3 nitrogen and oxygen atoms in total. The standard InChI is InChI=1S/C5H12N2O/c1-3-7(4-2)5-6-8/h5,8H,3-4H2,1-2H3. The second-order valence-corrected chi connectivity index (χ2v) is 1.45. The molecule has 0 spiro atoms. The van der Waals surface area contributed by atoms with Crippen LogP contribution in [-0.2, 0) is 0 Å². The van der Waals surface area contributed by atoms with Crippen LogP contribution in [0.3, 0.4) is 0 Å². The molecule has 0 aromatic heterocycles. The summed E-state index contributed by atoms with van der Waals surface area (Å²) in [5.74, 6) is 0. The van der Waals surface area contributed by atoms with Crippen molar-refractivity contribution in [2.45, 2.75) is 13.8 Å². The molecule has 0 unspecified atom stereocenters. The van der Waals surface area contributed by atoms with E-state index in [4.69, 9.17) is 5.21 Å². The third kappa shape index (κ3) is 2.44. The first-order valence-corrected chi connectivity index (χ1v) is 2.76. The van der Waals surface area contributed by atoms with E-state index in [0.29, 0.717) is 0 Å². The molecule has 0 atom stereocenters. The van der Waals surface area contributed by atoms with Gasteiger partial charge in [0, 0.05) is 13.1 Å². The molecule has 0 saturated carbocycles. The highest BCUT2D eigenvalue weighted by atomic mass is 16.4. The quantitative estimate of drug-likeness (QED) is 0.255. The Morgan fingerprint density at radius 2 is 2.00 bits per heavy atom. The van der Waals surface area contributed by atoms with Gasteiger partial charge in [0.05, 0.1) is 0 Å². The summed E-state index contributed by atoms with van der Waals surface area (Å²) in [5.41, 5.74) is 0. The summed E-state index contributed by atoms with van der Waals surface area (Å²) in [6.45, 7) is 5.79. The molecule has 0 radical (unpaired) electrons. The molecule has 0 aliphatic carbocycles. The molecule has 0 aromatic carbocycles. The normalized spacial score (nSPS) is 10.2. The van der Waals surface area contributed by atoms with E-state index >= 15 is 0 Å². The molecule has 0 aromatic rings. The zero-order valence-electron chi connectivity index (χ0n) is 5.33. The van der Waals surface area contributed by atoms with E-state index in [1.165, 1.54) is 6.34 Å². The van der Waals surface area contributed by atoms with Crippen molar-refractivity contribution >= 4 is 6.34 Å². The van der Waals surface area contributed by atoms with E-state index in [1.807, 2.05) is 18.7 Å². The van der Waals surface area contributed by atoms with Crippen molar-refractivity contribution in [3.05, 3.63) is 0 Å². The Balaban J connectivity index is 3.36. The van der Waals surface area contributed by atoms with Crippen molar-refractivity contribution in [2.24, 2.45) is 5.16 Å². The van der Waals surface area contributed by atoms with E-state index in [0.717, 1.165) is 13.1 Å². The van der Waals surface area contributed by atoms with Gasteiger partial charge in [-0.05, 0) is 13.8 Å². The fraction of sp³-hybridized carbons (Fsp3) is 0.800. The van der Waals surface area contributed by atoms with E-state index in [2.05, 4.69) is 5.16 Å². The van der Waals surface area contributed by atoms with Crippen LogP contribution in [0.15, 0.2) is 5.16 Å². The summed E-state index contributed by atoms with van der Waals surface area (Å²) in [5, 5.41) is 10.9. The van der Waals surface area contributed by atoms with Gasteiger partial charge in [0.2, 0.25) is 0 Å². The van der Waals surface area contributed by atoms with Gasteiger partial charge in [-0.3, -0.25) is 0 Å². The number of oxime groups is 1. The second kappa shape index (κ2) is 4.43. The topological polar surface area (TPSA) is 35.8 Å². The van der Waals surface area contributed by atoms with Gasteiger partial charge in [-0.25, -0.2) is 0 Å². The number of nitrogens with zero attached hydrogens (tertiary/aromatic N) is 2. The van der Waals surface area contributed by atoms with Crippen molar-refractivity contribution < 1.29 is 5.21 Å². The lowest BCUT2D eigenvalue weighted by molar-refractivity contribution is 0.309. The zero-order chi connectivity index (χ0) is 6.41. The van der Waals surface area contributed by atoms with E-state index in [1.54, 1.807) is 0 Å². The SMILES string of the molecule is CCN(C=NO)CC. The second-order valence-electron chi connectivity index (χ2n) is 1.45. The predicted octanol–water partition coefficient (Wildman–Crippen LogP) is 0.746. The molecule has 0 rings (SSSR count). The summed E-state index contributed by atoms with van der Waals surface area (Å²) in [6.07, 6.45) is 1.42. The number of hydrogen-bond acceptors (Lipinski definition) is 2. The minimum absolute atomic E-state index is 0.889. The molecule has 0 bridgehead atoms. The first kappa shape index (κ1) is 7.27. The molecular formula is C5H12N2O. The minimum Gasteiger partial charge on any atom is -0.410 e. The largest absolute Gasteiger partial charge is 0.410 e. The lowest BCUT2D eigenvalue weighted by atomic mass is 10.6. The highest BCUT2D eigenvalue weighted by Gasteiger charge is 1.87. The average molecular weight is 116 g/mol. The van der Waals surface area contributed by atoms with Crippen LogP contribution >= 0.6 is 0 Å². The van der Waals surface area contributed by atoms with E-state index < -0.39 is 0 Å². The molecule has 0 amide bonds. The van der Waals surface area contributed by atoms with Crippen molar-refractivity contribution in [3.8, 4) is 0 Å². The van der Waals surface area contributed by atoms with Gasteiger partial charge in [-0.15, -0.1) is 0 Å². The molecule has 0 aliphatic heterocycles. The van der Waals surface area contributed by atoms with Gasteiger partial charge >= 0.3 is 0 Å². The maximum Gasteiger partial charge on any atom is 0.130 e. The average Bonchev–Trinajstić information content (AvgIpc) is 1.83. The maximum absolute atomic E-state index is 8.03. The summed E-state index contributed by atoms with van der Waals surface area (Å²) in [6, 6.07) is 0. The monoisotopic (exact) mass is 116 g/mol. The van der Waals surface area contributed by atoms with Crippen molar-refractivity contribution in [2.75, 3.05) is 13.1 Å². The molecule has 0 fully saturated rings. The van der Waals surface area contributed by atoms with Crippen LogP contribution in [0.1, 0.15) is 13.8 Å². The Morgan fingerprint density at radius 1 is 1.50 bits per heavy atom. The Bertz CT molecular complexity index is 68.8. The maximum atomic E-state index is 8.03. The molecule has 48 valence electrons. The lowest BCUT2D eigenvalue weighted by Gasteiger charge is -2.11. The summed E-state index contributed by atoms with van der Waals surface area (Å²) in [4.78, 5) is 1.89. The van der Waals surface area contributed by atoms with Gasteiger partial charge in [0.15, 0.2) is 0 Å². The van der Waals surface area contributed by atoms with Crippen LogP contribution in [0.2, 0.25) is 0 Å². The first-order valence-electron chi connectivity index (χ1n) is 2.76. The lowest BCUT2D eigenvalue weighted by Crippen LogP contribution is -2.20. The molecule has 3 heteroatoms. The number of rotatable bonds is 3. The Kier molecular flexibility index (Phi) is 4.03. The van der Waals surface area contributed by atoms with Gasteiger partial charge < -0.3 is 10.1 Å². The highest BCUT2D eigenvalue weighted by Crippen LogP contribution is 1.78. The summed E-state index contributed by atoms with van der Waals surface area (Å²) < 4.78 is 0. The van der Waals surface area contributed by atoms with E-state index in [9.17, 15) is 0 Å². The van der Waals surface area contributed by atoms with Crippen LogP contribution in [0.5, 0.6) is 0 Å². The third-order valence-corrected chi connectivity index (χ3v) is 1.03. The van der Waals surface area contributed by atoms with Crippen LogP contribution < -0.4 is 0 Å². The molecule has 0 saturated heterocycles. The Morgan fingerprint density at radius 3 is 2.12 bits per heavy atom. The van der Waals surface area contributed by atoms with Gasteiger partial charge in [0.25, 0.3) is 0 Å². The fourth-order valence-corrected chi connectivity index (χ4v) is 0.460. The van der Waals surface area contributed by atoms with E-state index in [-0.39, 0.29) is 0 Å². The molecule has 0 aliphatic rings. The molecule has 0 heterocycles. The summed E-state index contributed by atoms with van der Waals surface area (Å²) >= 11 is 0. The van der Waals surface area contributed by atoms with Crippen molar-refractivity contribution in [1.82, 2.24) is 4.90 Å². The van der Waals surface area contributed by atoms with Crippen molar-refractivity contribution in [1.29, 1.82) is 0 Å². The van der Waals surface area contributed by atoms with Crippen LogP contribution in [0.25, 0.3) is 0 Å². The third-order valence-electron chi connectivity index (χ3n) is 1.03. The Labute approximate surface area is 49.6 Å². The molecule has 8 heavy (non-hydrogen) atoms. The van der Waals surface area contributed by atoms with Gasteiger partial charge in [-0.1, -0.05) is 5.16 Å².